The summed E-state index contributed by atoms with van der Waals surface area (Å²) >= 11 is 0. The van der Waals surface area contributed by atoms with E-state index >= 15 is 0 Å². The summed E-state index contributed by atoms with van der Waals surface area (Å²) in [4.78, 5) is 10.6. The van der Waals surface area contributed by atoms with E-state index in [4.69, 9.17) is 0 Å². The summed E-state index contributed by atoms with van der Waals surface area (Å²) in [6.45, 7) is 5.74. The molecule has 0 aliphatic carbocycles. The van der Waals surface area contributed by atoms with Crippen LogP contribution in [0.2, 0.25) is 0 Å². The van der Waals surface area contributed by atoms with Crippen LogP contribution in [0.3, 0.4) is 0 Å². The van der Waals surface area contributed by atoms with Crippen molar-refractivity contribution in [3.8, 4) is 0 Å². The van der Waals surface area contributed by atoms with Gasteiger partial charge in [-0.2, -0.15) is 0 Å². The Balaban J connectivity index is 3.08. The zero-order valence-corrected chi connectivity index (χ0v) is 6.95. The van der Waals surface area contributed by atoms with E-state index in [0.717, 1.165) is 25.2 Å². The van der Waals surface area contributed by atoms with Gasteiger partial charge in [0, 0.05) is 0 Å². The van der Waals surface area contributed by atoms with Crippen LogP contribution >= 0.6 is 0 Å². The molecular formula is C8H13N2O+. The Hall–Kier alpha value is -1.12. The molecule has 0 atom stereocenters. The summed E-state index contributed by atoms with van der Waals surface area (Å²) in [6.07, 6.45) is 4.74. The quantitative estimate of drug-likeness (QED) is 0.462. The minimum atomic E-state index is 0.745. The second-order valence-electron chi connectivity index (χ2n) is 2.35. The highest BCUT2D eigenvalue weighted by atomic mass is 16.1. The molecule has 3 nitrogen and oxygen atoms in total. The summed E-state index contributed by atoms with van der Waals surface area (Å²) in [5, 5.41) is 0. The van der Waals surface area contributed by atoms with E-state index in [9.17, 15) is 4.79 Å². The first-order valence-corrected chi connectivity index (χ1v) is 3.87. The van der Waals surface area contributed by atoms with Crippen LogP contribution < -0.4 is 4.57 Å². The molecule has 0 unspecified atom stereocenters. The molecule has 11 heavy (non-hydrogen) atoms. The van der Waals surface area contributed by atoms with Crippen LogP contribution in [0.1, 0.15) is 24.5 Å². The fourth-order valence-electron chi connectivity index (χ4n) is 1.15. The third-order valence-corrected chi connectivity index (χ3v) is 1.80. The lowest BCUT2D eigenvalue weighted by Gasteiger charge is -1.92. The smallest absolute Gasteiger partial charge is 0.289 e. The van der Waals surface area contributed by atoms with Gasteiger partial charge in [-0.3, -0.25) is 4.79 Å². The van der Waals surface area contributed by atoms with Crippen molar-refractivity contribution in [3.63, 3.8) is 0 Å². The zero-order valence-electron chi connectivity index (χ0n) is 6.95. The Labute approximate surface area is 66.3 Å². The van der Waals surface area contributed by atoms with Crippen molar-refractivity contribution in [2.75, 3.05) is 0 Å². The second kappa shape index (κ2) is 3.32. The van der Waals surface area contributed by atoms with Crippen LogP contribution in [-0.2, 0) is 13.1 Å². The molecule has 1 heterocycles. The predicted molar refractivity (Wildman–Crippen MR) is 41.4 cm³/mol. The Kier molecular flexibility index (Phi) is 2.41. The fraction of sp³-hybridized carbons (Fsp3) is 0.500. The normalized spacial score (nSPS) is 10.0. The average molecular weight is 153 g/mol. The molecule has 3 heteroatoms. The Morgan fingerprint density at radius 3 is 2.82 bits per heavy atom. The van der Waals surface area contributed by atoms with E-state index in [1.165, 1.54) is 0 Å². The van der Waals surface area contributed by atoms with E-state index in [2.05, 4.69) is 0 Å². The van der Waals surface area contributed by atoms with Gasteiger partial charge in [0.2, 0.25) is 6.29 Å². The number of aryl methyl sites for hydroxylation is 2. The summed E-state index contributed by atoms with van der Waals surface area (Å²) in [5.41, 5.74) is 0. The van der Waals surface area contributed by atoms with Crippen molar-refractivity contribution < 1.29 is 9.36 Å². The number of carbonyl (C=O) groups excluding carboxylic acids is 1. The molecule has 0 radical (unpaired) electrons. The van der Waals surface area contributed by atoms with Crippen LogP contribution in [0.25, 0.3) is 0 Å². The molecule has 0 aliphatic rings. The molecule has 0 saturated heterocycles. The zero-order chi connectivity index (χ0) is 8.27. The van der Waals surface area contributed by atoms with E-state index in [-0.39, 0.29) is 0 Å². The first kappa shape index (κ1) is 7.98. The molecule has 0 spiro atoms. The van der Waals surface area contributed by atoms with Crippen LogP contribution in [0.5, 0.6) is 0 Å². The lowest BCUT2D eigenvalue weighted by atomic mass is 10.6. The maximum Gasteiger partial charge on any atom is 0.322 e. The number of aromatic nitrogens is 2. The van der Waals surface area contributed by atoms with E-state index < -0.39 is 0 Å². The van der Waals surface area contributed by atoms with Gasteiger partial charge in [-0.25, -0.2) is 9.13 Å². The topological polar surface area (TPSA) is 25.9 Å². The molecule has 60 valence electrons. The molecule has 0 saturated carbocycles. The minimum Gasteiger partial charge on any atom is -0.289 e. The fourth-order valence-corrected chi connectivity index (χ4v) is 1.15. The van der Waals surface area contributed by atoms with E-state index in [1.807, 2.05) is 35.4 Å². The van der Waals surface area contributed by atoms with Gasteiger partial charge in [0.15, 0.2) is 0 Å². The molecule has 0 aliphatic heterocycles. The first-order valence-electron chi connectivity index (χ1n) is 3.87. The van der Waals surface area contributed by atoms with Gasteiger partial charge < -0.3 is 0 Å². The third-order valence-electron chi connectivity index (χ3n) is 1.80. The van der Waals surface area contributed by atoms with Crippen molar-refractivity contribution >= 4 is 6.29 Å². The lowest BCUT2D eigenvalue weighted by molar-refractivity contribution is -0.694. The number of hydrogen-bond acceptors (Lipinski definition) is 1. The maximum atomic E-state index is 10.6. The molecule has 0 N–H and O–H groups in total. The molecule has 0 amide bonds. The highest BCUT2D eigenvalue weighted by Gasteiger charge is 2.12. The van der Waals surface area contributed by atoms with Gasteiger partial charge >= 0.3 is 5.82 Å². The van der Waals surface area contributed by atoms with Gasteiger partial charge in [0.25, 0.3) is 0 Å². The highest BCUT2D eigenvalue weighted by molar-refractivity contribution is 5.67. The number of nitrogens with zero attached hydrogens (tertiary/aromatic N) is 2. The van der Waals surface area contributed by atoms with Gasteiger partial charge in [-0.1, -0.05) is 0 Å². The monoisotopic (exact) mass is 153 g/mol. The summed E-state index contributed by atoms with van der Waals surface area (Å²) in [6, 6.07) is 0. The Morgan fingerprint density at radius 1 is 1.64 bits per heavy atom. The standard InChI is InChI=1S/C8H13N2O/c1-3-9-5-6-10(4-2)8(9)7-11/h5-7H,3-4H2,1-2H3/q+1. The van der Waals surface area contributed by atoms with Crippen molar-refractivity contribution in [1.82, 2.24) is 4.57 Å². The van der Waals surface area contributed by atoms with E-state index in [1.54, 1.807) is 0 Å². The predicted octanol–water partition coefficient (Wildman–Crippen LogP) is 0.628. The number of rotatable bonds is 3. The lowest BCUT2D eigenvalue weighted by Crippen LogP contribution is -2.35. The van der Waals surface area contributed by atoms with Gasteiger partial charge in [0.1, 0.15) is 12.4 Å². The van der Waals surface area contributed by atoms with Crippen LogP contribution in [0, 0.1) is 0 Å². The average Bonchev–Trinajstić information content (AvgIpc) is 2.45. The first-order chi connectivity index (χ1) is 5.33. The molecule has 0 aromatic carbocycles. The van der Waals surface area contributed by atoms with Crippen LogP contribution in [0.15, 0.2) is 12.4 Å². The number of hydrogen-bond donors (Lipinski definition) is 0. The molecule has 0 bridgehead atoms. The number of carbonyl (C=O) groups is 1. The van der Waals surface area contributed by atoms with Crippen molar-refractivity contribution in [1.29, 1.82) is 0 Å². The van der Waals surface area contributed by atoms with Crippen molar-refractivity contribution in [2.45, 2.75) is 26.9 Å². The number of aldehydes is 1. The summed E-state index contributed by atoms with van der Waals surface area (Å²) in [5.74, 6) is 0.745. The molecular weight excluding hydrogens is 140 g/mol. The van der Waals surface area contributed by atoms with E-state index in [0.29, 0.717) is 0 Å². The molecule has 1 aromatic heterocycles. The van der Waals surface area contributed by atoms with Crippen molar-refractivity contribution in [2.24, 2.45) is 0 Å². The van der Waals surface area contributed by atoms with Crippen molar-refractivity contribution in [3.05, 3.63) is 18.2 Å². The third kappa shape index (κ3) is 1.31. The molecule has 1 rings (SSSR count). The molecule has 0 fully saturated rings. The van der Waals surface area contributed by atoms with Gasteiger partial charge in [-0.15, -0.1) is 0 Å². The van der Waals surface area contributed by atoms with Gasteiger partial charge in [0.05, 0.1) is 13.1 Å². The summed E-state index contributed by atoms with van der Waals surface area (Å²) < 4.78 is 3.85. The SMILES string of the molecule is CCn1cc[n+](CC)c1C=O. The Bertz CT molecular complexity index is 231. The van der Waals surface area contributed by atoms with Crippen LogP contribution in [0.4, 0.5) is 0 Å². The largest absolute Gasteiger partial charge is 0.322 e. The Morgan fingerprint density at radius 2 is 2.36 bits per heavy atom. The minimum absolute atomic E-state index is 0.745. The van der Waals surface area contributed by atoms with Gasteiger partial charge in [-0.05, 0) is 13.8 Å². The number of imidazole rings is 1. The molecule has 1 aromatic rings. The highest BCUT2D eigenvalue weighted by Crippen LogP contribution is 1.91. The summed E-state index contributed by atoms with van der Waals surface area (Å²) in [7, 11) is 0. The van der Waals surface area contributed by atoms with Crippen LogP contribution in [-0.4, -0.2) is 10.9 Å². The second-order valence-corrected chi connectivity index (χ2v) is 2.35. The maximum absolute atomic E-state index is 10.6.